The topological polar surface area (TPSA) is 82.0 Å². The second kappa shape index (κ2) is 3.61. The fourth-order valence-corrected chi connectivity index (χ4v) is 2.28. The monoisotopic (exact) mass is 250 g/mol. The number of benzene rings is 1. The molecule has 6 heteroatoms. The highest BCUT2D eigenvalue weighted by molar-refractivity contribution is 5.87. The van der Waals surface area contributed by atoms with E-state index in [-0.39, 0.29) is 0 Å². The molecule has 2 aromatic heterocycles. The Morgan fingerprint density at radius 3 is 3.11 bits per heavy atom. The normalized spacial score (nSPS) is 13.1. The number of aromatic nitrogens is 4. The maximum Gasteiger partial charge on any atom is 0.168 e. The highest BCUT2D eigenvalue weighted by Crippen LogP contribution is 2.22. The molecule has 3 heterocycles. The number of hydrogen-bond donors (Lipinski definition) is 1. The second-order valence-electron chi connectivity index (χ2n) is 4.41. The molecular weight excluding hydrogens is 240 g/mol. The molecule has 0 radical (unpaired) electrons. The molecule has 19 heavy (non-hydrogen) atoms. The first-order valence-electron chi connectivity index (χ1n) is 5.90. The number of anilines is 1. The van der Waals surface area contributed by atoms with Crippen molar-refractivity contribution in [3.63, 3.8) is 0 Å². The summed E-state index contributed by atoms with van der Waals surface area (Å²) >= 11 is 0. The molecule has 0 spiro atoms. The molecule has 0 saturated heterocycles. The van der Waals surface area contributed by atoms with Gasteiger partial charge in [-0.05, 0) is 23.3 Å². The van der Waals surface area contributed by atoms with Crippen LogP contribution in [0.4, 0.5) is 5.82 Å². The maximum atomic E-state index is 5.81. The van der Waals surface area contributed by atoms with Crippen LogP contribution in [0, 0.1) is 0 Å². The number of aliphatic imine (C=N–C) groups is 1. The van der Waals surface area contributed by atoms with E-state index in [1.54, 1.807) is 10.9 Å². The third-order valence-corrected chi connectivity index (χ3v) is 3.26. The third kappa shape index (κ3) is 1.43. The lowest BCUT2D eigenvalue weighted by molar-refractivity contribution is 0.891. The largest absolute Gasteiger partial charge is 0.383 e. The highest BCUT2D eigenvalue weighted by atomic mass is 15.3. The van der Waals surface area contributed by atoms with Crippen molar-refractivity contribution >= 4 is 23.1 Å². The Kier molecular flexibility index (Phi) is 1.94. The number of nitrogens with zero attached hydrogens (tertiary/aromatic N) is 5. The third-order valence-electron chi connectivity index (χ3n) is 3.26. The smallest absolute Gasteiger partial charge is 0.168 e. The molecule has 4 rings (SSSR count). The predicted octanol–water partition coefficient (Wildman–Crippen LogP) is 1.33. The SMILES string of the molecule is Nc1ncnc2c1cnn2-c1ccc2c(c1)CN=C2. The van der Waals surface area contributed by atoms with Gasteiger partial charge in [-0.3, -0.25) is 4.99 Å². The minimum absolute atomic E-state index is 0.445. The van der Waals surface area contributed by atoms with Crippen LogP contribution >= 0.6 is 0 Å². The number of fused-ring (bicyclic) bond motifs is 2. The van der Waals surface area contributed by atoms with Crippen LogP contribution in [0.3, 0.4) is 0 Å². The minimum atomic E-state index is 0.445. The van der Waals surface area contributed by atoms with Crippen molar-refractivity contribution < 1.29 is 0 Å². The zero-order chi connectivity index (χ0) is 12.8. The van der Waals surface area contributed by atoms with Crippen LogP contribution in [0.25, 0.3) is 16.7 Å². The van der Waals surface area contributed by atoms with Gasteiger partial charge in [-0.2, -0.15) is 5.10 Å². The first-order valence-corrected chi connectivity index (χ1v) is 5.90. The van der Waals surface area contributed by atoms with Gasteiger partial charge in [-0.1, -0.05) is 6.07 Å². The Bertz CT molecular complexity index is 817. The van der Waals surface area contributed by atoms with E-state index in [0.29, 0.717) is 11.5 Å². The van der Waals surface area contributed by atoms with Gasteiger partial charge in [0.25, 0.3) is 0 Å². The van der Waals surface area contributed by atoms with E-state index < -0.39 is 0 Å². The van der Waals surface area contributed by atoms with Crippen LogP contribution < -0.4 is 5.73 Å². The molecule has 0 unspecified atom stereocenters. The van der Waals surface area contributed by atoms with Gasteiger partial charge in [0.05, 0.1) is 23.8 Å². The number of hydrogen-bond acceptors (Lipinski definition) is 5. The molecule has 3 aromatic rings. The van der Waals surface area contributed by atoms with E-state index in [1.807, 2.05) is 18.3 Å². The van der Waals surface area contributed by atoms with Gasteiger partial charge in [-0.15, -0.1) is 0 Å². The standard InChI is InChI=1S/C13H10N6/c14-12-11-6-18-19(13(11)17-7-16-12)10-2-1-8-4-15-5-9(8)3-10/h1-4,6-7H,5H2,(H2,14,16,17). The quantitative estimate of drug-likeness (QED) is 0.706. The lowest BCUT2D eigenvalue weighted by Crippen LogP contribution is -2.00. The number of nitrogens with two attached hydrogens (primary N) is 1. The zero-order valence-electron chi connectivity index (χ0n) is 9.98. The number of nitrogen functional groups attached to an aromatic ring is 1. The Labute approximate surface area is 108 Å². The fourth-order valence-electron chi connectivity index (χ4n) is 2.28. The second-order valence-corrected chi connectivity index (χ2v) is 4.41. The van der Waals surface area contributed by atoms with Gasteiger partial charge in [-0.25, -0.2) is 14.6 Å². The van der Waals surface area contributed by atoms with Crippen LogP contribution in [0.15, 0.2) is 35.7 Å². The summed E-state index contributed by atoms with van der Waals surface area (Å²) in [4.78, 5) is 12.5. The molecule has 2 N–H and O–H groups in total. The van der Waals surface area contributed by atoms with Gasteiger partial charge in [0.15, 0.2) is 5.65 Å². The average Bonchev–Trinajstić information content (AvgIpc) is 3.04. The van der Waals surface area contributed by atoms with Crippen molar-refractivity contribution in [1.82, 2.24) is 19.7 Å². The van der Waals surface area contributed by atoms with Crippen molar-refractivity contribution in [2.24, 2.45) is 4.99 Å². The van der Waals surface area contributed by atoms with E-state index in [0.717, 1.165) is 23.2 Å². The lowest BCUT2D eigenvalue weighted by atomic mass is 10.1. The highest BCUT2D eigenvalue weighted by Gasteiger charge is 2.12. The molecule has 1 aromatic carbocycles. The van der Waals surface area contributed by atoms with Crippen molar-refractivity contribution in [2.75, 3.05) is 5.73 Å². The van der Waals surface area contributed by atoms with Gasteiger partial charge in [0, 0.05) is 6.21 Å². The van der Waals surface area contributed by atoms with Crippen LogP contribution in [0.5, 0.6) is 0 Å². The molecule has 1 aliphatic rings. The number of rotatable bonds is 1. The summed E-state index contributed by atoms with van der Waals surface area (Å²) in [5, 5.41) is 5.11. The van der Waals surface area contributed by atoms with Gasteiger partial charge >= 0.3 is 0 Å². The zero-order valence-corrected chi connectivity index (χ0v) is 9.98. The first-order chi connectivity index (χ1) is 9.33. The summed E-state index contributed by atoms with van der Waals surface area (Å²) in [6, 6.07) is 6.12. The van der Waals surface area contributed by atoms with E-state index in [4.69, 9.17) is 5.73 Å². The fraction of sp³-hybridized carbons (Fsp3) is 0.0769. The molecule has 92 valence electrons. The lowest BCUT2D eigenvalue weighted by Gasteiger charge is -2.05. The molecule has 0 aliphatic carbocycles. The van der Waals surface area contributed by atoms with E-state index >= 15 is 0 Å². The van der Waals surface area contributed by atoms with Crippen LogP contribution in [-0.4, -0.2) is 26.0 Å². The molecule has 0 amide bonds. The van der Waals surface area contributed by atoms with E-state index in [1.165, 1.54) is 11.9 Å². The molecular formula is C13H10N6. The minimum Gasteiger partial charge on any atom is -0.383 e. The molecule has 1 aliphatic heterocycles. The first kappa shape index (κ1) is 10.2. The summed E-state index contributed by atoms with van der Waals surface area (Å²) in [6.45, 7) is 0.722. The maximum absolute atomic E-state index is 5.81. The average molecular weight is 250 g/mol. The van der Waals surface area contributed by atoms with Crippen LogP contribution in [-0.2, 0) is 6.54 Å². The van der Waals surface area contributed by atoms with E-state index in [2.05, 4.69) is 26.1 Å². The van der Waals surface area contributed by atoms with Crippen LogP contribution in [0.2, 0.25) is 0 Å². The Morgan fingerprint density at radius 2 is 2.16 bits per heavy atom. The van der Waals surface area contributed by atoms with Crippen molar-refractivity contribution in [2.45, 2.75) is 6.54 Å². The van der Waals surface area contributed by atoms with Crippen molar-refractivity contribution in [1.29, 1.82) is 0 Å². The molecule has 0 bridgehead atoms. The summed E-state index contributed by atoms with van der Waals surface area (Å²) in [7, 11) is 0. The Morgan fingerprint density at radius 1 is 1.21 bits per heavy atom. The predicted molar refractivity (Wildman–Crippen MR) is 72.4 cm³/mol. The van der Waals surface area contributed by atoms with E-state index in [9.17, 15) is 0 Å². The summed E-state index contributed by atoms with van der Waals surface area (Å²) < 4.78 is 1.77. The van der Waals surface area contributed by atoms with Gasteiger partial charge < -0.3 is 5.73 Å². The Balaban J connectivity index is 1.93. The summed E-state index contributed by atoms with van der Waals surface area (Å²) in [5.41, 5.74) is 9.84. The van der Waals surface area contributed by atoms with Crippen molar-refractivity contribution in [3.05, 3.63) is 41.9 Å². The molecule has 6 nitrogen and oxygen atoms in total. The van der Waals surface area contributed by atoms with Crippen molar-refractivity contribution in [3.8, 4) is 5.69 Å². The Hall–Kier alpha value is -2.76. The molecule has 0 atom stereocenters. The van der Waals surface area contributed by atoms with Gasteiger partial charge in [0.2, 0.25) is 0 Å². The summed E-state index contributed by atoms with van der Waals surface area (Å²) in [5.74, 6) is 0.445. The molecule has 0 fully saturated rings. The van der Waals surface area contributed by atoms with Gasteiger partial charge in [0.1, 0.15) is 12.1 Å². The summed E-state index contributed by atoms with van der Waals surface area (Å²) in [6.07, 6.45) is 5.03. The molecule has 0 saturated carbocycles. The van der Waals surface area contributed by atoms with Crippen LogP contribution in [0.1, 0.15) is 11.1 Å².